The highest BCUT2D eigenvalue weighted by atomic mass is 79.9. The quantitative estimate of drug-likeness (QED) is 0.680. The van der Waals surface area contributed by atoms with Crippen LogP contribution in [0.2, 0.25) is 0 Å². The predicted octanol–water partition coefficient (Wildman–Crippen LogP) is 3.66. The molecule has 1 aliphatic rings. The summed E-state index contributed by atoms with van der Waals surface area (Å²) in [6, 6.07) is 9.33. The first kappa shape index (κ1) is 17.4. The highest BCUT2D eigenvalue weighted by Gasteiger charge is 2.28. The van der Waals surface area contributed by atoms with E-state index in [1.54, 1.807) is 35.4 Å². The number of amides is 2. The Morgan fingerprint density at radius 1 is 1.33 bits per heavy atom. The van der Waals surface area contributed by atoms with Crippen molar-refractivity contribution in [1.82, 2.24) is 4.90 Å². The Kier molecular flexibility index (Phi) is 5.27. The van der Waals surface area contributed by atoms with E-state index in [0.717, 1.165) is 13.1 Å². The van der Waals surface area contributed by atoms with Crippen LogP contribution >= 0.6 is 43.2 Å². The SMILES string of the molecule is CN(Cc1ccc(Br)s1)C(=O)CN1C(=O)COc2cc(Br)ccc21. The average Bonchev–Trinajstić information content (AvgIpc) is 2.95. The lowest BCUT2D eigenvalue weighted by Gasteiger charge is -2.30. The number of carbonyl (C=O) groups is 2. The number of hydrogen-bond donors (Lipinski definition) is 0. The van der Waals surface area contributed by atoms with Gasteiger partial charge in [-0.25, -0.2) is 0 Å². The fourth-order valence-corrected chi connectivity index (χ4v) is 4.24. The van der Waals surface area contributed by atoms with Gasteiger partial charge in [0, 0.05) is 16.4 Å². The Labute approximate surface area is 160 Å². The lowest BCUT2D eigenvalue weighted by Crippen LogP contribution is -2.45. The Balaban J connectivity index is 1.73. The summed E-state index contributed by atoms with van der Waals surface area (Å²) in [6.45, 7) is 0.457. The normalized spacial score (nSPS) is 13.5. The van der Waals surface area contributed by atoms with Crippen LogP contribution in [0.15, 0.2) is 38.6 Å². The van der Waals surface area contributed by atoms with Crippen molar-refractivity contribution in [2.24, 2.45) is 0 Å². The second kappa shape index (κ2) is 7.25. The van der Waals surface area contributed by atoms with Crippen LogP contribution in [0.3, 0.4) is 0 Å². The molecule has 0 N–H and O–H groups in total. The topological polar surface area (TPSA) is 49.9 Å². The third-order valence-corrected chi connectivity index (χ3v) is 5.71. The zero-order valence-corrected chi connectivity index (χ0v) is 16.8. The number of nitrogens with zero attached hydrogens (tertiary/aromatic N) is 2. The van der Waals surface area contributed by atoms with Gasteiger partial charge in [0.1, 0.15) is 12.3 Å². The van der Waals surface area contributed by atoms with E-state index >= 15 is 0 Å². The summed E-state index contributed by atoms with van der Waals surface area (Å²) in [5.74, 6) is 0.260. The third kappa shape index (κ3) is 3.81. The minimum Gasteiger partial charge on any atom is -0.482 e. The van der Waals surface area contributed by atoms with Gasteiger partial charge in [-0.15, -0.1) is 11.3 Å². The van der Waals surface area contributed by atoms with Gasteiger partial charge in [-0.05, 0) is 46.3 Å². The molecule has 0 spiro atoms. The average molecular weight is 474 g/mol. The van der Waals surface area contributed by atoms with Crippen molar-refractivity contribution in [3.63, 3.8) is 0 Å². The molecule has 0 saturated carbocycles. The van der Waals surface area contributed by atoms with Crippen molar-refractivity contribution < 1.29 is 14.3 Å². The van der Waals surface area contributed by atoms with Gasteiger partial charge in [-0.2, -0.15) is 0 Å². The molecule has 5 nitrogen and oxygen atoms in total. The van der Waals surface area contributed by atoms with Crippen LogP contribution in [0.1, 0.15) is 4.88 Å². The monoisotopic (exact) mass is 472 g/mol. The smallest absolute Gasteiger partial charge is 0.265 e. The number of hydrogen-bond acceptors (Lipinski definition) is 4. The fourth-order valence-electron chi connectivity index (χ4n) is 2.37. The van der Waals surface area contributed by atoms with E-state index in [1.807, 2.05) is 18.2 Å². The van der Waals surface area contributed by atoms with Crippen molar-refractivity contribution in [3.8, 4) is 5.75 Å². The molecule has 0 radical (unpaired) electrons. The molecule has 2 amide bonds. The number of fused-ring (bicyclic) bond motifs is 1. The minimum absolute atomic E-state index is 0.000128. The Morgan fingerprint density at radius 2 is 2.12 bits per heavy atom. The summed E-state index contributed by atoms with van der Waals surface area (Å²) in [5, 5.41) is 0. The zero-order chi connectivity index (χ0) is 17.3. The van der Waals surface area contributed by atoms with Crippen molar-refractivity contribution in [2.45, 2.75) is 6.54 Å². The molecule has 0 fully saturated rings. The summed E-state index contributed by atoms with van der Waals surface area (Å²) in [6.07, 6.45) is 0. The van der Waals surface area contributed by atoms with Crippen LogP contribution < -0.4 is 9.64 Å². The zero-order valence-electron chi connectivity index (χ0n) is 12.8. The Bertz CT molecular complexity index is 793. The lowest BCUT2D eigenvalue weighted by atomic mass is 10.2. The van der Waals surface area contributed by atoms with Gasteiger partial charge in [-0.3, -0.25) is 14.5 Å². The largest absolute Gasteiger partial charge is 0.482 e. The van der Waals surface area contributed by atoms with Gasteiger partial charge in [-0.1, -0.05) is 15.9 Å². The van der Waals surface area contributed by atoms with E-state index in [1.165, 1.54) is 4.90 Å². The molecule has 2 heterocycles. The number of anilines is 1. The first-order valence-electron chi connectivity index (χ1n) is 7.15. The Hall–Kier alpha value is -1.38. The molecule has 0 saturated heterocycles. The van der Waals surface area contributed by atoms with E-state index in [4.69, 9.17) is 4.74 Å². The lowest BCUT2D eigenvalue weighted by molar-refractivity contribution is -0.131. The number of halogens is 2. The van der Waals surface area contributed by atoms with Crippen molar-refractivity contribution in [3.05, 3.63) is 43.5 Å². The maximum Gasteiger partial charge on any atom is 0.265 e. The molecule has 0 aliphatic carbocycles. The predicted molar refractivity (Wildman–Crippen MR) is 100 cm³/mol. The standard InChI is InChI=1S/C16H14Br2N2O3S/c1-19(7-11-3-5-14(18)24-11)15(21)8-20-12-4-2-10(17)6-13(12)23-9-16(20)22/h2-6H,7-9H2,1H3. The highest BCUT2D eigenvalue weighted by Crippen LogP contribution is 2.34. The highest BCUT2D eigenvalue weighted by molar-refractivity contribution is 9.11. The van der Waals surface area contributed by atoms with E-state index in [0.29, 0.717) is 18.0 Å². The van der Waals surface area contributed by atoms with Crippen LogP contribution in [0.5, 0.6) is 5.75 Å². The number of rotatable bonds is 4. The molecule has 126 valence electrons. The van der Waals surface area contributed by atoms with Gasteiger partial charge in [0.2, 0.25) is 5.91 Å². The van der Waals surface area contributed by atoms with Crippen LogP contribution in [0.4, 0.5) is 5.69 Å². The van der Waals surface area contributed by atoms with E-state index in [2.05, 4.69) is 31.9 Å². The van der Waals surface area contributed by atoms with E-state index in [9.17, 15) is 9.59 Å². The van der Waals surface area contributed by atoms with Gasteiger partial charge in [0.05, 0.1) is 16.0 Å². The summed E-state index contributed by atoms with van der Waals surface area (Å²) < 4.78 is 7.33. The molecule has 24 heavy (non-hydrogen) atoms. The van der Waals surface area contributed by atoms with Gasteiger partial charge in [0.15, 0.2) is 6.61 Å². The molecule has 2 aromatic rings. The third-order valence-electron chi connectivity index (χ3n) is 3.61. The van der Waals surface area contributed by atoms with E-state index in [-0.39, 0.29) is 25.0 Å². The first-order chi connectivity index (χ1) is 11.4. The Morgan fingerprint density at radius 3 is 2.83 bits per heavy atom. The number of benzene rings is 1. The molecule has 0 bridgehead atoms. The van der Waals surface area contributed by atoms with Gasteiger partial charge >= 0.3 is 0 Å². The molecule has 8 heteroatoms. The van der Waals surface area contributed by atoms with Crippen LogP contribution in [0, 0.1) is 0 Å². The molecule has 0 unspecified atom stereocenters. The summed E-state index contributed by atoms with van der Waals surface area (Å²) in [5.41, 5.74) is 0.620. The van der Waals surface area contributed by atoms with Crippen LogP contribution in [-0.4, -0.2) is 36.9 Å². The maximum atomic E-state index is 12.5. The van der Waals surface area contributed by atoms with Crippen LogP contribution in [-0.2, 0) is 16.1 Å². The van der Waals surface area contributed by atoms with Crippen molar-refractivity contribution >= 4 is 60.7 Å². The molecular weight excluding hydrogens is 460 g/mol. The number of carbonyl (C=O) groups excluding carboxylic acids is 2. The number of likely N-dealkylation sites (N-methyl/N-ethyl adjacent to an activating group) is 1. The maximum absolute atomic E-state index is 12.5. The molecular formula is C16H14Br2N2O3S. The molecule has 3 rings (SSSR count). The molecule has 1 aromatic heterocycles. The van der Waals surface area contributed by atoms with Crippen molar-refractivity contribution in [1.29, 1.82) is 0 Å². The molecule has 1 aliphatic heterocycles. The van der Waals surface area contributed by atoms with Crippen molar-refractivity contribution in [2.75, 3.05) is 25.1 Å². The molecule has 1 aromatic carbocycles. The minimum atomic E-state index is -0.217. The van der Waals surface area contributed by atoms with Gasteiger partial charge < -0.3 is 9.64 Å². The number of thiophene rings is 1. The summed E-state index contributed by atoms with van der Waals surface area (Å²) in [4.78, 5) is 28.9. The van der Waals surface area contributed by atoms with Crippen LogP contribution in [0.25, 0.3) is 0 Å². The number of ether oxygens (including phenoxy) is 1. The van der Waals surface area contributed by atoms with Gasteiger partial charge in [0.25, 0.3) is 5.91 Å². The summed E-state index contributed by atoms with van der Waals surface area (Å²) >= 11 is 8.38. The second-order valence-corrected chi connectivity index (χ2v) is 8.80. The van der Waals surface area contributed by atoms with E-state index < -0.39 is 0 Å². The molecule has 0 atom stereocenters. The second-order valence-electron chi connectivity index (χ2n) is 5.34. The first-order valence-corrected chi connectivity index (χ1v) is 9.55. The summed E-state index contributed by atoms with van der Waals surface area (Å²) in [7, 11) is 1.74. The fraction of sp³-hybridized carbons (Fsp3) is 0.250.